The Kier molecular flexibility index (Phi) is 2.81. The zero-order chi connectivity index (χ0) is 13.5. The SMILES string of the molecule is Cc1cc2c(cc1C)O[C@H](C(F)(F)F)C(C#N)=C2. The highest BCUT2D eigenvalue weighted by atomic mass is 19.4. The summed E-state index contributed by atoms with van der Waals surface area (Å²) in [5, 5.41) is 8.78. The Morgan fingerprint density at radius 1 is 1.22 bits per heavy atom. The van der Waals surface area contributed by atoms with Crippen LogP contribution in [0, 0.1) is 25.2 Å². The maximum Gasteiger partial charge on any atom is 0.430 e. The Morgan fingerprint density at radius 3 is 2.39 bits per heavy atom. The Balaban J connectivity index is 2.54. The highest BCUT2D eigenvalue weighted by Crippen LogP contribution is 2.37. The molecule has 0 amide bonds. The molecule has 5 heteroatoms. The van der Waals surface area contributed by atoms with Gasteiger partial charge in [-0.05, 0) is 43.2 Å². The molecule has 18 heavy (non-hydrogen) atoms. The van der Waals surface area contributed by atoms with Gasteiger partial charge in [0.15, 0.2) is 0 Å². The molecule has 0 fully saturated rings. The molecule has 0 N–H and O–H groups in total. The van der Waals surface area contributed by atoms with Crippen LogP contribution in [0.3, 0.4) is 0 Å². The zero-order valence-electron chi connectivity index (χ0n) is 9.80. The van der Waals surface area contributed by atoms with Crippen LogP contribution in [-0.2, 0) is 0 Å². The fraction of sp³-hybridized carbons (Fsp3) is 0.308. The maximum absolute atomic E-state index is 12.7. The third-order valence-electron chi connectivity index (χ3n) is 2.89. The monoisotopic (exact) mass is 253 g/mol. The van der Waals surface area contributed by atoms with Gasteiger partial charge in [0.1, 0.15) is 5.75 Å². The Labute approximate surface area is 102 Å². The molecule has 2 nitrogen and oxygen atoms in total. The molecule has 0 saturated carbocycles. The molecular formula is C13H10F3NO. The zero-order valence-corrected chi connectivity index (χ0v) is 9.80. The average Bonchev–Trinajstić information content (AvgIpc) is 2.28. The van der Waals surface area contributed by atoms with Crippen molar-refractivity contribution in [1.29, 1.82) is 5.26 Å². The fourth-order valence-electron chi connectivity index (χ4n) is 1.79. The molecule has 1 aromatic carbocycles. The van der Waals surface area contributed by atoms with Crippen LogP contribution in [0.5, 0.6) is 5.75 Å². The van der Waals surface area contributed by atoms with Gasteiger partial charge in [0.2, 0.25) is 6.10 Å². The van der Waals surface area contributed by atoms with Crippen LogP contribution in [0.2, 0.25) is 0 Å². The van der Waals surface area contributed by atoms with Gasteiger partial charge in [-0.1, -0.05) is 0 Å². The number of benzene rings is 1. The van der Waals surface area contributed by atoms with E-state index in [0.717, 1.165) is 11.1 Å². The lowest BCUT2D eigenvalue weighted by atomic mass is 9.98. The minimum Gasteiger partial charge on any atom is -0.475 e. The lowest BCUT2D eigenvalue weighted by molar-refractivity contribution is -0.182. The van der Waals surface area contributed by atoms with Crippen LogP contribution >= 0.6 is 0 Å². The highest BCUT2D eigenvalue weighted by Gasteiger charge is 2.46. The number of hydrogen-bond acceptors (Lipinski definition) is 2. The summed E-state index contributed by atoms with van der Waals surface area (Å²) < 4.78 is 43.1. The first-order chi connectivity index (χ1) is 8.32. The van der Waals surface area contributed by atoms with E-state index in [2.05, 4.69) is 0 Å². The molecule has 0 spiro atoms. The van der Waals surface area contributed by atoms with E-state index in [0.29, 0.717) is 5.56 Å². The molecule has 1 aromatic rings. The Morgan fingerprint density at radius 2 is 1.83 bits per heavy atom. The first-order valence-electron chi connectivity index (χ1n) is 5.29. The van der Waals surface area contributed by atoms with Crippen molar-refractivity contribution >= 4 is 6.08 Å². The summed E-state index contributed by atoms with van der Waals surface area (Å²) in [5.74, 6) is 0.166. The molecule has 0 saturated heterocycles. The lowest BCUT2D eigenvalue weighted by Crippen LogP contribution is -2.37. The average molecular weight is 253 g/mol. The van der Waals surface area contributed by atoms with E-state index in [1.165, 1.54) is 6.08 Å². The fourth-order valence-corrected chi connectivity index (χ4v) is 1.79. The molecule has 0 aromatic heterocycles. The van der Waals surface area contributed by atoms with Crippen molar-refractivity contribution in [3.8, 4) is 11.8 Å². The number of ether oxygens (including phenoxy) is 1. The van der Waals surface area contributed by atoms with Crippen LogP contribution in [0.25, 0.3) is 6.08 Å². The predicted octanol–water partition coefficient (Wildman–Crippen LogP) is 3.53. The van der Waals surface area contributed by atoms with Crippen molar-refractivity contribution in [1.82, 2.24) is 0 Å². The minimum atomic E-state index is -4.59. The van der Waals surface area contributed by atoms with Crippen LogP contribution < -0.4 is 4.74 Å². The van der Waals surface area contributed by atoms with E-state index < -0.39 is 17.9 Å². The summed E-state index contributed by atoms with van der Waals surface area (Å²) in [6.07, 6.45) is -5.52. The molecule has 1 heterocycles. The van der Waals surface area contributed by atoms with E-state index in [1.807, 2.05) is 6.92 Å². The molecule has 1 aliphatic rings. The van der Waals surface area contributed by atoms with E-state index in [9.17, 15) is 13.2 Å². The van der Waals surface area contributed by atoms with E-state index >= 15 is 0 Å². The molecule has 94 valence electrons. The van der Waals surface area contributed by atoms with Crippen molar-refractivity contribution in [2.75, 3.05) is 0 Å². The number of rotatable bonds is 0. The van der Waals surface area contributed by atoms with Gasteiger partial charge in [0.25, 0.3) is 0 Å². The van der Waals surface area contributed by atoms with Crippen molar-refractivity contribution < 1.29 is 17.9 Å². The summed E-state index contributed by atoms with van der Waals surface area (Å²) in [6.45, 7) is 3.65. The number of nitriles is 1. The number of fused-ring (bicyclic) bond motifs is 1. The molecular weight excluding hydrogens is 243 g/mol. The molecule has 1 aliphatic heterocycles. The number of halogens is 3. The van der Waals surface area contributed by atoms with Gasteiger partial charge in [0, 0.05) is 5.56 Å². The summed E-state index contributed by atoms with van der Waals surface area (Å²) in [6, 6.07) is 4.83. The van der Waals surface area contributed by atoms with Gasteiger partial charge in [-0.25, -0.2) is 0 Å². The van der Waals surface area contributed by atoms with Crippen molar-refractivity contribution in [2.45, 2.75) is 26.1 Å². The van der Waals surface area contributed by atoms with Gasteiger partial charge in [0.05, 0.1) is 11.6 Å². The van der Waals surface area contributed by atoms with E-state index in [4.69, 9.17) is 10.00 Å². The van der Waals surface area contributed by atoms with Gasteiger partial charge in [-0.2, -0.15) is 18.4 Å². The third kappa shape index (κ3) is 2.06. The van der Waals surface area contributed by atoms with Gasteiger partial charge < -0.3 is 4.74 Å². The standard InChI is InChI=1S/C13H10F3NO/c1-7-3-9-5-10(6-17)12(13(14,15)16)18-11(9)4-8(7)2/h3-5,12H,1-2H3/t12-/m0/s1. The maximum atomic E-state index is 12.7. The predicted molar refractivity (Wildman–Crippen MR) is 60.0 cm³/mol. The second kappa shape index (κ2) is 4.05. The number of nitrogens with zero attached hydrogens (tertiary/aromatic N) is 1. The summed E-state index contributed by atoms with van der Waals surface area (Å²) in [7, 11) is 0. The number of aryl methyl sites for hydroxylation is 2. The molecule has 0 aliphatic carbocycles. The minimum absolute atomic E-state index is 0.166. The summed E-state index contributed by atoms with van der Waals surface area (Å²) in [4.78, 5) is 0. The second-order valence-electron chi connectivity index (χ2n) is 4.23. The Hall–Kier alpha value is -1.96. The van der Waals surface area contributed by atoms with Crippen molar-refractivity contribution in [3.63, 3.8) is 0 Å². The van der Waals surface area contributed by atoms with Gasteiger partial charge in [-0.3, -0.25) is 0 Å². The van der Waals surface area contributed by atoms with Crippen LogP contribution in [0.15, 0.2) is 17.7 Å². The molecule has 0 unspecified atom stereocenters. The first-order valence-corrected chi connectivity index (χ1v) is 5.29. The third-order valence-corrected chi connectivity index (χ3v) is 2.89. The van der Waals surface area contributed by atoms with Crippen LogP contribution in [0.4, 0.5) is 13.2 Å². The molecule has 0 bridgehead atoms. The molecule has 2 rings (SSSR count). The number of alkyl halides is 3. The normalized spacial score (nSPS) is 18.4. The van der Waals surface area contributed by atoms with Crippen molar-refractivity contribution in [3.05, 3.63) is 34.4 Å². The lowest BCUT2D eigenvalue weighted by Gasteiger charge is -2.26. The van der Waals surface area contributed by atoms with Crippen LogP contribution in [0.1, 0.15) is 16.7 Å². The molecule has 1 atom stereocenters. The largest absolute Gasteiger partial charge is 0.475 e. The summed E-state index contributed by atoms with van der Waals surface area (Å²) >= 11 is 0. The Bertz CT molecular complexity index is 567. The van der Waals surface area contributed by atoms with E-state index in [-0.39, 0.29) is 5.75 Å². The highest BCUT2D eigenvalue weighted by molar-refractivity contribution is 5.68. The molecule has 0 radical (unpaired) electrons. The topological polar surface area (TPSA) is 33.0 Å². The van der Waals surface area contributed by atoms with Crippen LogP contribution in [-0.4, -0.2) is 12.3 Å². The van der Waals surface area contributed by atoms with E-state index in [1.54, 1.807) is 25.1 Å². The quantitative estimate of drug-likeness (QED) is 0.708. The summed E-state index contributed by atoms with van der Waals surface area (Å²) in [5.41, 5.74) is 1.88. The van der Waals surface area contributed by atoms with Gasteiger partial charge in [-0.15, -0.1) is 0 Å². The number of hydrogen-bond donors (Lipinski definition) is 0. The second-order valence-corrected chi connectivity index (χ2v) is 4.23. The smallest absolute Gasteiger partial charge is 0.430 e. The first kappa shape index (κ1) is 12.5. The van der Waals surface area contributed by atoms with Gasteiger partial charge >= 0.3 is 6.18 Å². The van der Waals surface area contributed by atoms with Crippen molar-refractivity contribution in [2.24, 2.45) is 0 Å².